The molecule has 0 saturated heterocycles. The van der Waals surface area contributed by atoms with Gasteiger partial charge in [-0.1, -0.05) is 18.2 Å². The molecule has 0 saturated carbocycles. The molecule has 1 aliphatic heterocycles. The van der Waals surface area contributed by atoms with Crippen LogP contribution >= 0.6 is 0 Å². The Morgan fingerprint density at radius 3 is 2.06 bits per heavy atom. The van der Waals surface area contributed by atoms with Crippen LogP contribution in [0.4, 0.5) is 0 Å². The maximum atomic E-state index is 13.2. The number of fused-ring (bicyclic) bond motifs is 1. The summed E-state index contributed by atoms with van der Waals surface area (Å²) >= 11 is 0. The molecular weight excluding hydrogens is 422 g/mol. The third-order valence-electron chi connectivity index (χ3n) is 5.51. The first-order valence-electron chi connectivity index (χ1n) is 10.6. The third-order valence-corrected chi connectivity index (χ3v) is 5.51. The summed E-state index contributed by atoms with van der Waals surface area (Å²) in [4.78, 5) is 13.2. The van der Waals surface area contributed by atoms with Gasteiger partial charge in [-0.15, -0.1) is 0 Å². The Morgan fingerprint density at radius 1 is 0.788 bits per heavy atom. The fraction of sp³-hybridized carbons (Fsp3) is 0.269. The van der Waals surface area contributed by atoms with Crippen LogP contribution in [0.25, 0.3) is 0 Å². The SMILES string of the molecule is COc1ccc(C[C@@H](Cc2ccc3c(c2)OCO3)NC(=O)c2cc(OC)cc(OC)c2)cc1. The fourth-order valence-electron chi connectivity index (χ4n) is 3.78. The quantitative estimate of drug-likeness (QED) is 0.532. The second-order valence-electron chi connectivity index (χ2n) is 7.72. The minimum atomic E-state index is -0.202. The van der Waals surface area contributed by atoms with E-state index < -0.39 is 0 Å². The van der Waals surface area contributed by atoms with Gasteiger partial charge >= 0.3 is 0 Å². The Labute approximate surface area is 193 Å². The predicted octanol–water partition coefficient (Wildman–Crippen LogP) is 4.02. The van der Waals surface area contributed by atoms with Crippen molar-refractivity contribution in [2.45, 2.75) is 18.9 Å². The lowest BCUT2D eigenvalue weighted by atomic mass is 9.98. The van der Waals surface area contributed by atoms with E-state index in [2.05, 4.69) is 5.32 Å². The Morgan fingerprint density at radius 2 is 1.39 bits per heavy atom. The molecular formula is C26H27NO6. The summed E-state index contributed by atoms with van der Waals surface area (Å²) in [6.45, 7) is 0.225. The molecule has 0 radical (unpaired) electrons. The molecule has 0 spiro atoms. The van der Waals surface area contributed by atoms with Crippen molar-refractivity contribution < 1.29 is 28.5 Å². The van der Waals surface area contributed by atoms with Crippen LogP contribution in [0.3, 0.4) is 0 Å². The molecule has 1 N–H and O–H groups in total. The van der Waals surface area contributed by atoms with Crippen molar-refractivity contribution in [2.75, 3.05) is 28.1 Å². The largest absolute Gasteiger partial charge is 0.497 e. The summed E-state index contributed by atoms with van der Waals surface area (Å²) in [5, 5.41) is 3.18. The predicted molar refractivity (Wildman–Crippen MR) is 124 cm³/mol. The average molecular weight is 450 g/mol. The molecule has 4 rings (SSSR count). The standard InChI is InChI=1S/C26H27NO6/c1-29-21-7-4-17(5-8-21)10-20(11-18-6-9-24-25(12-18)33-16-32-24)27-26(28)19-13-22(30-2)15-23(14-19)31-3/h4-9,12-15,20H,10-11,16H2,1-3H3,(H,27,28)/t20-/m0/s1. The zero-order chi connectivity index (χ0) is 23.2. The van der Waals surface area contributed by atoms with Gasteiger partial charge in [-0.05, 0) is 60.4 Å². The average Bonchev–Trinajstić information content (AvgIpc) is 3.32. The summed E-state index contributed by atoms with van der Waals surface area (Å²) in [6, 6.07) is 18.7. The van der Waals surface area contributed by atoms with E-state index in [0.29, 0.717) is 29.9 Å². The van der Waals surface area contributed by atoms with Crippen molar-refractivity contribution >= 4 is 5.91 Å². The van der Waals surface area contributed by atoms with Crippen molar-refractivity contribution in [3.8, 4) is 28.7 Å². The zero-order valence-electron chi connectivity index (χ0n) is 18.9. The van der Waals surface area contributed by atoms with Gasteiger partial charge in [-0.2, -0.15) is 0 Å². The van der Waals surface area contributed by atoms with E-state index in [1.165, 1.54) is 0 Å². The van der Waals surface area contributed by atoms with Crippen molar-refractivity contribution in [1.29, 1.82) is 0 Å². The maximum Gasteiger partial charge on any atom is 0.251 e. The van der Waals surface area contributed by atoms with Crippen LogP contribution in [0.2, 0.25) is 0 Å². The van der Waals surface area contributed by atoms with Crippen molar-refractivity contribution in [3.63, 3.8) is 0 Å². The molecule has 172 valence electrons. The molecule has 0 aliphatic carbocycles. The van der Waals surface area contributed by atoms with Crippen LogP contribution in [0.5, 0.6) is 28.7 Å². The normalized spacial score (nSPS) is 12.7. The highest BCUT2D eigenvalue weighted by atomic mass is 16.7. The van der Waals surface area contributed by atoms with Crippen LogP contribution in [-0.2, 0) is 12.8 Å². The molecule has 33 heavy (non-hydrogen) atoms. The monoisotopic (exact) mass is 449 g/mol. The van der Waals surface area contributed by atoms with Gasteiger partial charge < -0.3 is 29.0 Å². The zero-order valence-corrected chi connectivity index (χ0v) is 18.9. The lowest BCUT2D eigenvalue weighted by Crippen LogP contribution is -2.38. The van der Waals surface area contributed by atoms with Gasteiger partial charge in [-0.25, -0.2) is 0 Å². The van der Waals surface area contributed by atoms with E-state index in [1.807, 2.05) is 42.5 Å². The molecule has 3 aromatic carbocycles. The first-order chi connectivity index (χ1) is 16.1. The molecule has 0 bridgehead atoms. The van der Waals surface area contributed by atoms with Gasteiger partial charge in [0, 0.05) is 17.7 Å². The molecule has 1 aliphatic rings. The highest BCUT2D eigenvalue weighted by Crippen LogP contribution is 2.33. The Bertz CT molecular complexity index is 1090. The minimum Gasteiger partial charge on any atom is -0.497 e. The summed E-state index contributed by atoms with van der Waals surface area (Å²) in [7, 11) is 4.76. The van der Waals surface area contributed by atoms with Gasteiger partial charge in [0.15, 0.2) is 11.5 Å². The Hall–Kier alpha value is -3.87. The van der Waals surface area contributed by atoms with Crippen molar-refractivity contribution in [2.24, 2.45) is 0 Å². The lowest BCUT2D eigenvalue weighted by molar-refractivity contribution is 0.0936. The molecule has 1 amide bonds. The number of rotatable bonds is 9. The smallest absolute Gasteiger partial charge is 0.251 e. The molecule has 1 heterocycles. The summed E-state index contributed by atoms with van der Waals surface area (Å²) < 4.78 is 26.8. The van der Waals surface area contributed by atoms with E-state index in [0.717, 1.165) is 28.4 Å². The van der Waals surface area contributed by atoms with Crippen LogP contribution in [-0.4, -0.2) is 40.1 Å². The maximum absolute atomic E-state index is 13.2. The van der Waals surface area contributed by atoms with Gasteiger partial charge in [-0.3, -0.25) is 4.79 Å². The number of carbonyl (C=O) groups excluding carboxylic acids is 1. The van der Waals surface area contributed by atoms with E-state index in [-0.39, 0.29) is 18.7 Å². The number of benzene rings is 3. The van der Waals surface area contributed by atoms with E-state index in [9.17, 15) is 4.79 Å². The highest BCUT2D eigenvalue weighted by molar-refractivity contribution is 5.95. The third kappa shape index (κ3) is 5.49. The Kier molecular flexibility index (Phi) is 6.88. The molecule has 1 atom stereocenters. The molecule has 0 fully saturated rings. The number of carbonyl (C=O) groups is 1. The second kappa shape index (κ2) is 10.2. The fourth-order valence-corrected chi connectivity index (χ4v) is 3.78. The minimum absolute atomic E-state index is 0.163. The number of nitrogens with one attached hydrogen (secondary N) is 1. The molecule has 7 nitrogen and oxygen atoms in total. The van der Waals surface area contributed by atoms with Crippen LogP contribution in [0, 0.1) is 0 Å². The number of ether oxygens (including phenoxy) is 5. The number of hydrogen-bond acceptors (Lipinski definition) is 6. The second-order valence-corrected chi connectivity index (χ2v) is 7.72. The number of methoxy groups -OCH3 is 3. The van der Waals surface area contributed by atoms with E-state index in [1.54, 1.807) is 39.5 Å². The van der Waals surface area contributed by atoms with Gasteiger partial charge in [0.1, 0.15) is 17.2 Å². The first-order valence-corrected chi connectivity index (χ1v) is 10.6. The number of hydrogen-bond donors (Lipinski definition) is 1. The number of amides is 1. The van der Waals surface area contributed by atoms with E-state index in [4.69, 9.17) is 23.7 Å². The van der Waals surface area contributed by atoms with Crippen molar-refractivity contribution in [1.82, 2.24) is 5.32 Å². The summed E-state index contributed by atoms with van der Waals surface area (Å²) in [5.74, 6) is 3.16. The van der Waals surface area contributed by atoms with Crippen LogP contribution in [0.1, 0.15) is 21.5 Å². The molecule has 7 heteroatoms. The summed E-state index contributed by atoms with van der Waals surface area (Å²) in [6.07, 6.45) is 1.26. The molecule has 0 aromatic heterocycles. The first kappa shape index (κ1) is 22.3. The topological polar surface area (TPSA) is 75.2 Å². The molecule has 3 aromatic rings. The van der Waals surface area contributed by atoms with Gasteiger partial charge in [0.25, 0.3) is 5.91 Å². The Balaban J connectivity index is 1.56. The lowest BCUT2D eigenvalue weighted by Gasteiger charge is -2.20. The van der Waals surface area contributed by atoms with Crippen molar-refractivity contribution in [3.05, 3.63) is 77.4 Å². The molecule has 0 unspecified atom stereocenters. The van der Waals surface area contributed by atoms with E-state index >= 15 is 0 Å². The van der Waals surface area contributed by atoms with Crippen LogP contribution in [0.15, 0.2) is 60.7 Å². The van der Waals surface area contributed by atoms with Gasteiger partial charge in [0.2, 0.25) is 6.79 Å². The summed E-state index contributed by atoms with van der Waals surface area (Å²) in [5.41, 5.74) is 2.60. The highest BCUT2D eigenvalue weighted by Gasteiger charge is 2.19. The van der Waals surface area contributed by atoms with Gasteiger partial charge in [0.05, 0.1) is 21.3 Å². The van der Waals surface area contributed by atoms with Crippen LogP contribution < -0.4 is 29.0 Å².